The van der Waals surface area contributed by atoms with Gasteiger partial charge < -0.3 is 14.1 Å². The Bertz CT molecular complexity index is 1540. The number of aryl methyl sites for hydroxylation is 2. The minimum absolute atomic E-state index is 0.159. The molecule has 0 fully saturated rings. The molecule has 4 heterocycles. The molecule has 0 aliphatic heterocycles. The first-order valence-electron chi connectivity index (χ1n) is 9.75. The summed E-state index contributed by atoms with van der Waals surface area (Å²) in [7, 11) is 1.65. The summed E-state index contributed by atoms with van der Waals surface area (Å²) in [6.45, 7) is 1.92. The van der Waals surface area contributed by atoms with Gasteiger partial charge in [0.2, 0.25) is 0 Å². The molecule has 0 atom stereocenters. The third kappa shape index (κ3) is 3.24. The quantitative estimate of drug-likeness (QED) is 0.461. The summed E-state index contributed by atoms with van der Waals surface area (Å²) in [6.07, 6.45) is 0.536. The normalized spacial score (nSPS) is 12.2. The van der Waals surface area contributed by atoms with Gasteiger partial charge in [-0.3, -0.25) is 4.79 Å². The highest BCUT2D eigenvalue weighted by molar-refractivity contribution is 5.93. The van der Waals surface area contributed by atoms with Crippen LogP contribution in [0.5, 0.6) is 0 Å². The molecule has 0 aliphatic rings. The zero-order valence-electron chi connectivity index (χ0n) is 17.1. The van der Waals surface area contributed by atoms with Crippen LogP contribution in [0.3, 0.4) is 0 Å². The van der Waals surface area contributed by atoms with Gasteiger partial charge in [-0.1, -0.05) is 12.1 Å². The molecule has 0 aliphatic carbocycles. The van der Waals surface area contributed by atoms with Crippen LogP contribution in [-0.2, 0) is 19.8 Å². The Morgan fingerprint density at radius 3 is 2.75 bits per heavy atom. The van der Waals surface area contributed by atoms with Crippen molar-refractivity contribution in [2.24, 2.45) is 7.05 Å². The lowest BCUT2D eigenvalue weighted by molar-refractivity contribution is -0.137. The summed E-state index contributed by atoms with van der Waals surface area (Å²) in [6, 6.07) is 6.98. The summed E-state index contributed by atoms with van der Waals surface area (Å²) < 4.78 is 42.5. The lowest BCUT2D eigenvalue weighted by atomic mass is 10.1. The maximum Gasteiger partial charge on any atom is 0.416 e. The van der Waals surface area contributed by atoms with Crippen molar-refractivity contribution in [1.29, 1.82) is 0 Å². The van der Waals surface area contributed by atoms with E-state index in [-0.39, 0.29) is 12.1 Å². The van der Waals surface area contributed by atoms with Crippen molar-refractivity contribution in [3.05, 3.63) is 76.2 Å². The third-order valence-electron chi connectivity index (χ3n) is 5.41. The molecular weight excluding hydrogens is 421 g/mol. The van der Waals surface area contributed by atoms with Gasteiger partial charge in [-0.2, -0.15) is 13.2 Å². The van der Waals surface area contributed by atoms with Gasteiger partial charge in [-0.25, -0.2) is 15.0 Å². The van der Waals surface area contributed by atoms with E-state index in [1.54, 1.807) is 49.3 Å². The molecule has 1 aromatic carbocycles. The number of pyridine rings is 1. The molecule has 0 spiro atoms. The molecule has 0 amide bonds. The number of rotatable bonds is 3. The second-order valence-electron chi connectivity index (χ2n) is 7.57. The van der Waals surface area contributed by atoms with Crippen molar-refractivity contribution in [2.45, 2.75) is 19.6 Å². The van der Waals surface area contributed by atoms with Crippen molar-refractivity contribution in [3.8, 4) is 11.3 Å². The van der Waals surface area contributed by atoms with Gasteiger partial charge in [0.05, 0.1) is 24.0 Å². The number of hydrogen-bond donors (Lipinski definition) is 1. The first-order valence-corrected chi connectivity index (χ1v) is 9.75. The minimum atomic E-state index is -4.42. The van der Waals surface area contributed by atoms with Crippen molar-refractivity contribution >= 4 is 22.2 Å². The van der Waals surface area contributed by atoms with Gasteiger partial charge in [0.15, 0.2) is 11.3 Å². The van der Waals surface area contributed by atoms with E-state index < -0.39 is 11.7 Å². The second-order valence-corrected chi connectivity index (χ2v) is 7.57. The predicted molar refractivity (Wildman–Crippen MR) is 113 cm³/mol. The van der Waals surface area contributed by atoms with Crippen LogP contribution in [0.4, 0.5) is 13.2 Å². The second kappa shape index (κ2) is 7.04. The van der Waals surface area contributed by atoms with Crippen LogP contribution in [0.15, 0.2) is 53.7 Å². The number of fused-ring (bicyclic) bond motifs is 2. The van der Waals surface area contributed by atoms with Crippen LogP contribution in [0, 0.1) is 6.92 Å². The maximum atomic E-state index is 13.1. The van der Waals surface area contributed by atoms with E-state index in [0.29, 0.717) is 44.8 Å². The molecule has 0 saturated heterocycles. The van der Waals surface area contributed by atoms with Crippen LogP contribution in [0.2, 0.25) is 0 Å². The monoisotopic (exact) mass is 438 g/mol. The largest absolute Gasteiger partial charge is 0.416 e. The lowest BCUT2D eigenvalue weighted by Gasteiger charge is -2.11. The smallest absolute Gasteiger partial charge is 0.357 e. The minimum Gasteiger partial charge on any atom is -0.357 e. The summed E-state index contributed by atoms with van der Waals surface area (Å²) in [4.78, 5) is 28.8. The number of H-pyrrole nitrogens is 1. The molecule has 32 heavy (non-hydrogen) atoms. The number of aromatic nitrogens is 6. The predicted octanol–water partition coefficient (Wildman–Crippen LogP) is 4.05. The Hall–Kier alpha value is -3.95. The van der Waals surface area contributed by atoms with Crippen LogP contribution in [0.25, 0.3) is 33.5 Å². The molecule has 4 aromatic heterocycles. The highest BCUT2D eigenvalue weighted by atomic mass is 19.4. The summed E-state index contributed by atoms with van der Waals surface area (Å²) in [5, 5.41) is 0.711. The topological polar surface area (TPSA) is 81.4 Å². The van der Waals surface area contributed by atoms with E-state index >= 15 is 0 Å². The molecule has 7 nitrogen and oxygen atoms in total. The van der Waals surface area contributed by atoms with Crippen LogP contribution >= 0.6 is 0 Å². The number of halogens is 3. The maximum absolute atomic E-state index is 13.1. The summed E-state index contributed by atoms with van der Waals surface area (Å²) in [5.74, 6) is 0.585. The molecule has 5 aromatic rings. The van der Waals surface area contributed by atoms with Crippen LogP contribution in [-0.4, -0.2) is 29.1 Å². The van der Waals surface area contributed by atoms with Crippen molar-refractivity contribution in [1.82, 2.24) is 29.1 Å². The summed E-state index contributed by atoms with van der Waals surface area (Å²) in [5.41, 5.74) is 2.16. The number of benzene rings is 1. The molecule has 0 bridgehead atoms. The SMILES string of the molecule is Cc1nc2ncc(-c3cn(C)c(=O)c4[nH]ccc34)nc2n1Cc1cccc(C(F)(F)F)c1. The summed E-state index contributed by atoms with van der Waals surface area (Å²) >= 11 is 0. The molecule has 10 heteroatoms. The number of imidazole rings is 1. The van der Waals surface area contributed by atoms with E-state index in [2.05, 4.69) is 15.0 Å². The highest BCUT2D eigenvalue weighted by Crippen LogP contribution is 2.30. The molecule has 162 valence electrons. The zero-order chi connectivity index (χ0) is 22.6. The Labute approximate surface area is 179 Å². The van der Waals surface area contributed by atoms with E-state index in [0.717, 1.165) is 12.1 Å². The average Bonchev–Trinajstić information content (AvgIpc) is 3.35. The fourth-order valence-electron chi connectivity index (χ4n) is 3.82. The van der Waals surface area contributed by atoms with Gasteiger partial charge in [0.25, 0.3) is 5.56 Å². The van der Waals surface area contributed by atoms with E-state index in [1.165, 1.54) is 10.6 Å². The first kappa shape index (κ1) is 20.0. The zero-order valence-corrected chi connectivity index (χ0v) is 17.1. The third-order valence-corrected chi connectivity index (χ3v) is 5.41. The number of aromatic amines is 1. The van der Waals surface area contributed by atoms with E-state index in [9.17, 15) is 18.0 Å². The molecule has 5 rings (SSSR count). The van der Waals surface area contributed by atoms with Crippen molar-refractivity contribution in [3.63, 3.8) is 0 Å². The molecule has 1 N–H and O–H groups in total. The van der Waals surface area contributed by atoms with E-state index in [4.69, 9.17) is 4.98 Å². The first-order chi connectivity index (χ1) is 15.2. The van der Waals surface area contributed by atoms with Gasteiger partial charge in [0.1, 0.15) is 11.3 Å². The highest BCUT2D eigenvalue weighted by Gasteiger charge is 2.30. The number of nitrogens with one attached hydrogen (secondary N) is 1. The fourth-order valence-corrected chi connectivity index (χ4v) is 3.82. The number of alkyl halides is 3. The van der Waals surface area contributed by atoms with Crippen LogP contribution < -0.4 is 5.56 Å². The van der Waals surface area contributed by atoms with Gasteiger partial charge in [-0.15, -0.1) is 0 Å². The Kier molecular flexibility index (Phi) is 4.40. The lowest BCUT2D eigenvalue weighted by Crippen LogP contribution is -2.16. The Morgan fingerprint density at radius 2 is 1.97 bits per heavy atom. The van der Waals surface area contributed by atoms with E-state index in [1.807, 2.05) is 0 Å². The Morgan fingerprint density at radius 1 is 1.16 bits per heavy atom. The molecule has 0 radical (unpaired) electrons. The fraction of sp³-hybridized carbons (Fsp3) is 0.182. The standard InChI is InChI=1S/C22H17F3N6O/c1-12-28-19-20(31(12)10-13-4-3-5-14(8-13)22(23,24)25)29-17(9-27-19)16-11-30(2)21(32)18-15(16)6-7-26-18/h3-9,11,26H,10H2,1-2H3. The van der Waals surface area contributed by atoms with Gasteiger partial charge in [-0.05, 0) is 30.7 Å². The van der Waals surface area contributed by atoms with Crippen LogP contribution in [0.1, 0.15) is 17.0 Å². The Balaban J connectivity index is 1.64. The molecule has 0 saturated carbocycles. The van der Waals surface area contributed by atoms with Crippen molar-refractivity contribution in [2.75, 3.05) is 0 Å². The average molecular weight is 438 g/mol. The number of hydrogen-bond acceptors (Lipinski definition) is 4. The van der Waals surface area contributed by atoms with Gasteiger partial charge >= 0.3 is 6.18 Å². The number of nitrogens with zero attached hydrogens (tertiary/aromatic N) is 5. The van der Waals surface area contributed by atoms with Crippen molar-refractivity contribution < 1.29 is 13.2 Å². The molecule has 0 unspecified atom stereocenters. The molecular formula is C22H17F3N6O. The van der Waals surface area contributed by atoms with Gasteiger partial charge in [0, 0.05) is 30.4 Å².